The lowest BCUT2D eigenvalue weighted by Gasteiger charge is -2.49. The Kier molecular flexibility index (Phi) is 6.20. The number of hydrogen-bond acceptors (Lipinski definition) is 7. The van der Waals surface area contributed by atoms with Gasteiger partial charge in [0.25, 0.3) is 5.91 Å². The van der Waals surface area contributed by atoms with Gasteiger partial charge in [0, 0.05) is 26.8 Å². The third kappa shape index (κ3) is 4.24. The highest BCUT2D eigenvalue weighted by Gasteiger charge is 2.54. The number of nitrogens with zero attached hydrogens (tertiary/aromatic N) is 1. The molecule has 1 unspecified atom stereocenters. The molecule has 7 nitrogen and oxygen atoms in total. The fraction of sp³-hybridized carbons (Fsp3) is 0.167. The third-order valence-electron chi connectivity index (χ3n) is 5.50. The van der Waals surface area contributed by atoms with Crippen molar-refractivity contribution in [2.45, 2.75) is 22.0 Å². The zero-order valence-electron chi connectivity index (χ0n) is 17.6. The summed E-state index contributed by atoms with van der Waals surface area (Å²) >= 11 is 4.01. The number of thioether (sulfide) groups is 2. The molecular weight excluding hydrogens is 492 g/mol. The Bertz CT molecular complexity index is 1400. The molecule has 34 heavy (non-hydrogen) atoms. The molecule has 0 saturated carbocycles. The molecule has 10 heteroatoms. The van der Waals surface area contributed by atoms with Crippen LogP contribution >= 0.6 is 34.9 Å². The highest BCUT2D eigenvalue weighted by atomic mass is 32.2. The van der Waals surface area contributed by atoms with Gasteiger partial charge in [-0.25, -0.2) is 4.79 Å². The number of fused-ring (bicyclic) bond motifs is 2. The number of benzene rings is 2. The van der Waals surface area contributed by atoms with Gasteiger partial charge >= 0.3 is 5.97 Å². The molecule has 2 amide bonds. The molecule has 1 saturated heterocycles. The quantitative estimate of drug-likeness (QED) is 0.491. The molecule has 0 radical (unpaired) electrons. The van der Waals surface area contributed by atoms with E-state index in [0.29, 0.717) is 20.3 Å². The molecule has 172 valence electrons. The maximum atomic E-state index is 12.9. The van der Waals surface area contributed by atoms with Gasteiger partial charge < -0.3 is 10.4 Å². The molecule has 2 aromatic carbocycles. The van der Waals surface area contributed by atoms with E-state index in [-0.39, 0.29) is 23.5 Å². The highest BCUT2D eigenvalue weighted by molar-refractivity contribution is 8.07. The van der Waals surface area contributed by atoms with Gasteiger partial charge in [0.2, 0.25) is 5.91 Å². The smallest absolute Gasteiger partial charge is 0.353 e. The molecule has 2 aliphatic heterocycles. The van der Waals surface area contributed by atoms with Crippen molar-refractivity contribution in [3.63, 3.8) is 0 Å². The number of hydrogen-bond donors (Lipinski definition) is 2. The first kappa shape index (κ1) is 22.7. The molecule has 0 bridgehead atoms. The lowest BCUT2D eigenvalue weighted by atomic mass is 10.0. The minimum Gasteiger partial charge on any atom is -0.477 e. The van der Waals surface area contributed by atoms with E-state index in [9.17, 15) is 24.3 Å². The number of carboxylic acid groups (broad SMARTS) is 1. The largest absolute Gasteiger partial charge is 0.477 e. The Balaban J connectivity index is 1.35. The summed E-state index contributed by atoms with van der Waals surface area (Å²) in [4.78, 5) is 51.6. The lowest BCUT2D eigenvalue weighted by molar-refractivity contribution is -0.150. The van der Waals surface area contributed by atoms with E-state index in [0.717, 1.165) is 10.3 Å². The summed E-state index contributed by atoms with van der Waals surface area (Å²) in [6.07, 6.45) is 0.144. The summed E-state index contributed by atoms with van der Waals surface area (Å²) in [6, 6.07) is 17.2. The summed E-state index contributed by atoms with van der Waals surface area (Å²) in [5, 5.41) is 12.8. The van der Waals surface area contributed by atoms with Crippen molar-refractivity contribution in [2.75, 3.05) is 5.75 Å². The molecule has 5 rings (SSSR count). The molecular formula is C24H18N2O5S3. The summed E-state index contributed by atoms with van der Waals surface area (Å²) < 4.78 is 1.48. The third-order valence-corrected chi connectivity index (χ3v) is 9.26. The fourth-order valence-corrected chi connectivity index (χ4v) is 7.80. The first-order valence-corrected chi connectivity index (χ1v) is 13.1. The predicted octanol–water partition coefficient (Wildman–Crippen LogP) is 3.29. The SMILES string of the molecule is O=C(Cc1ccccc1)NC1C(=O)N2C(C(=O)O)=C(Sc3cc(=O)c4ccccc4s3)CS[C@H]12. The van der Waals surface area contributed by atoms with E-state index < -0.39 is 23.3 Å². The van der Waals surface area contributed by atoms with Crippen LogP contribution in [-0.2, 0) is 20.8 Å². The topological polar surface area (TPSA) is 104 Å². The zero-order chi connectivity index (χ0) is 23.8. The Morgan fingerprint density at radius 1 is 1.09 bits per heavy atom. The van der Waals surface area contributed by atoms with Crippen LogP contribution in [0.2, 0.25) is 0 Å². The Morgan fingerprint density at radius 3 is 2.59 bits per heavy atom. The lowest BCUT2D eigenvalue weighted by Crippen LogP contribution is -2.70. The monoisotopic (exact) mass is 510 g/mol. The summed E-state index contributed by atoms with van der Waals surface area (Å²) in [7, 11) is 0. The standard InChI is InChI=1S/C24H18N2O5S3/c27-15-11-19(33-16-9-5-4-8-14(15)16)34-17-12-32-23-20(22(29)26(23)21(17)24(30)31)25-18(28)10-13-6-2-1-3-7-13/h1-9,11,20,23H,10,12H2,(H,25,28)(H,30,31)/t20?,23-/m1/s1. The Morgan fingerprint density at radius 2 is 1.82 bits per heavy atom. The van der Waals surface area contributed by atoms with Gasteiger partial charge in [-0.05, 0) is 17.7 Å². The van der Waals surface area contributed by atoms with Gasteiger partial charge in [0.05, 0.1) is 10.6 Å². The van der Waals surface area contributed by atoms with Crippen LogP contribution in [0.5, 0.6) is 0 Å². The van der Waals surface area contributed by atoms with Crippen LogP contribution in [-0.4, -0.2) is 45.0 Å². The van der Waals surface area contributed by atoms with Crippen molar-refractivity contribution in [3.05, 3.63) is 87.1 Å². The number of carbonyl (C=O) groups excluding carboxylic acids is 2. The molecule has 1 fully saturated rings. The van der Waals surface area contributed by atoms with E-state index in [1.54, 1.807) is 12.1 Å². The van der Waals surface area contributed by atoms with Crippen molar-refractivity contribution in [2.24, 2.45) is 0 Å². The molecule has 2 aliphatic rings. The van der Waals surface area contributed by atoms with Crippen LogP contribution < -0.4 is 10.7 Å². The second-order valence-electron chi connectivity index (χ2n) is 7.72. The second kappa shape index (κ2) is 9.28. The number of aliphatic carboxylic acids is 1. The normalized spacial score (nSPS) is 19.5. The van der Waals surface area contributed by atoms with Crippen molar-refractivity contribution >= 4 is 62.7 Å². The second-order valence-corrected chi connectivity index (χ2v) is 11.3. The van der Waals surface area contributed by atoms with Crippen LogP contribution in [0, 0.1) is 0 Å². The fourth-order valence-electron chi connectivity index (χ4n) is 3.93. The van der Waals surface area contributed by atoms with Crippen molar-refractivity contribution in [1.82, 2.24) is 10.2 Å². The van der Waals surface area contributed by atoms with Crippen molar-refractivity contribution < 1.29 is 19.5 Å². The minimum absolute atomic E-state index is 0.0832. The number of carboxylic acids is 1. The summed E-state index contributed by atoms with van der Waals surface area (Å²) in [5.41, 5.74) is 0.621. The molecule has 3 aromatic rings. The molecule has 0 spiro atoms. The van der Waals surface area contributed by atoms with E-state index in [4.69, 9.17) is 0 Å². The molecule has 0 aliphatic carbocycles. The van der Waals surface area contributed by atoms with Crippen molar-refractivity contribution in [1.29, 1.82) is 0 Å². The molecule has 1 aromatic heterocycles. The predicted molar refractivity (Wildman–Crippen MR) is 134 cm³/mol. The van der Waals surface area contributed by atoms with Gasteiger partial charge in [0.15, 0.2) is 5.43 Å². The average Bonchev–Trinajstić information content (AvgIpc) is 2.83. The molecule has 3 heterocycles. The molecule has 2 N–H and O–H groups in total. The number of β-lactam (4-membered cyclic amide) rings is 1. The van der Waals surface area contributed by atoms with Crippen LogP contribution in [0.25, 0.3) is 10.1 Å². The average molecular weight is 511 g/mol. The van der Waals surface area contributed by atoms with Gasteiger partial charge in [-0.1, -0.05) is 54.2 Å². The van der Waals surface area contributed by atoms with Crippen LogP contribution in [0.1, 0.15) is 5.56 Å². The first-order valence-electron chi connectivity index (χ1n) is 10.4. The number of nitrogens with one attached hydrogen (secondary N) is 1. The van der Waals surface area contributed by atoms with Crippen molar-refractivity contribution in [3.8, 4) is 0 Å². The van der Waals surface area contributed by atoms with Gasteiger partial charge in [-0.2, -0.15) is 0 Å². The summed E-state index contributed by atoms with van der Waals surface area (Å²) in [5.74, 6) is -1.57. The van der Waals surface area contributed by atoms with Crippen LogP contribution in [0.4, 0.5) is 0 Å². The maximum Gasteiger partial charge on any atom is 0.353 e. The number of carbonyl (C=O) groups is 3. The van der Waals surface area contributed by atoms with Gasteiger partial charge in [-0.15, -0.1) is 23.1 Å². The van der Waals surface area contributed by atoms with Crippen LogP contribution in [0.3, 0.4) is 0 Å². The summed E-state index contributed by atoms with van der Waals surface area (Å²) in [6.45, 7) is 0. The first-order chi connectivity index (χ1) is 16.4. The van der Waals surface area contributed by atoms with Gasteiger partial charge in [-0.3, -0.25) is 19.3 Å². The maximum absolute atomic E-state index is 12.9. The zero-order valence-corrected chi connectivity index (χ0v) is 20.0. The minimum atomic E-state index is -1.21. The van der Waals surface area contributed by atoms with Crippen LogP contribution in [0.15, 0.2) is 80.3 Å². The van der Waals surface area contributed by atoms with E-state index in [1.807, 2.05) is 42.5 Å². The van der Waals surface area contributed by atoms with E-state index in [1.165, 1.54) is 45.8 Å². The number of rotatable bonds is 6. The Hall–Kier alpha value is -3.08. The van der Waals surface area contributed by atoms with E-state index in [2.05, 4.69) is 5.32 Å². The van der Waals surface area contributed by atoms with Gasteiger partial charge in [0.1, 0.15) is 17.1 Å². The number of amides is 2. The van der Waals surface area contributed by atoms with E-state index >= 15 is 0 Å². The highest BCUT2D eigenvalue weighted by Crippen LogP contribution is 2.46. The Labute approximate surface area is 206 Å². The molecule has 2 atom stereocenters.